The normalized spacial score (nSPS) is 16.4. The summed E-state index contributed by atoms with van der Waals surface area (Å²) in [4.78, 5) is 16.8. The smallest absolute Gasteiger partial charge is 0.255 e. The molecule has 2 heterocycles. The minimum atomic E-state index is -0.324. The summed E-state index contributed by atoms with van der Waals surface area (Å²) in [5, 5.41) is 9.79. The molecule has 0 bridgehead atoms. The fourth-order valence-corrected chi connectivity index (χ4v) is 3.48. The average Bonchev–Trinajstić information content (AvgIpc) is 3.05. The largest absolute Gasteiger partial charge is 0.360 e. The number of hydrogen-bond donors (Lipinski definition) is 2. The van der Waals surface area contributed by atoms with Gasteiger partial charge >= 0.3 is 0 Å². The van der Waals surface area contributed by atoms with Crippen LogP contribution in [0.1, 0.15) is 22.2 Å². The molecule has 4 rings (SSSR count). The lowest BCUT2D eigenvalue weighted by molar-refractivity contribution is 0.0935. The molecule has 23 heavy (non-hydrogen) atoms. The average molecular weight is 342 g/mol. The molecule has 0 saturated carbocycles. The number of para-hydroxylation sites is 1. The molecule has 2 N–H and O–H groups in total. The van der Waals surface area contributed by atoms with Gasteiger partial charge in [0.05, 0.1) is 11.3 Å². The molecule has 0 fully saturated rings. The second-order valence-corrected chi connectivity index (χ2v) is 6.48. The summed E-state index contributed by atoms with van der Waals surface area (Å²) in [6, 6.07) is 15.0. The van der Waals surface area contributed by atoms with Gasteiger partial charge in [0, 0.05) is 21.7 Å². The minimum absolute atomic E-state index is 0.0922. The highest BCUT2D eigenvalue weighted by molar-refractivity contribution is 7.13. The molecule has 114 valence electrons. The number of aromatic nitrogens is 1. The Kier molecular flexibility index (Phi) is 3.52. The van der Waals surface area contributed by atoms with Crippen LogP contribution in [0, 0.1) is 0 Å². The summed E-state index contributed by atoms with van der Waals surface area (Å²) in [5.74, 6) is -0.0922. The van der Waals surface area contributed by atoms with Crippen molar-refractivity contribution < 1.29 is 4.79 Å². The molecule has 0 aliphatic carbocycles. The summed E-state index contributed by atoms with van der Waals surface area (Å²) < 4.78 is 0. The first-order chi connectivity index (χ1) is 11.2. The third kappa shape index (κ3) is 2.69. The first kappa shape index (κ1) is 14.2. The van der Waals surface area contributed by atoms with Crippen molar-refractivity contribution in [2.75, 3.05) is 5.32 Å². The number of halogens is 1. The van der Waals surface area contributed by atoms with Gasteiger partial charge in [-0.05, 0) is 24.3 Å². The van der Waals surface area contributed by atoms with E-state index in [-0.39, 0.29) is 12.1 Å². The molecule has 1 aliphatic heterocycles. The molecule has 0 spiro atoms. The zero-order valence-corrected chi connectivity index (χ0v) is 13.5. The van der Waals surface area contributed by atoms with E-state index in [1.54, 1.807) is 6.07 Å². The Labute approximate surface area is 142 Å². The van der Waals surface area contributed by atoms with Crippen LogP contribution in [-0.4, -0.2) is 10.9 Å². The number of nitrogens with zero attached hydrogens (tertiary/aromatic N) is 1. The SMILES string of the molecule is O=C1NC(c2csc(-c3ccc(Cl)cc3)n2)Nc2ccccc21. The number of rotatable bonds is 2. The fourth-order valence-electron chi connectivity index (χ4n) is 2.50. The van der Waals surface area contributed by atoms with Gasteiger partial charge in [0.1, 0.15) is 11.2 Å². The van der Waals surface area contributed by atoms with E-state index in [2.05, 4.69) is 15.6 Å². The highest BCUT2D eigenvalue weighted by atomic mass is 35.5. The van der Waals surface area contributed by atoms with E-state index in [1.807, 2.05) is 47.8 Å². The number of thiazole rings is 1. The molecule has 1 aliphatic rings. The standard InChI is InChI=1S/C17H12ClN3OS/c18-11-7-5-10(6-8-11)17-20-14(9-23-17)15-19-13-4-2-1-3-12(13)16(22)21-15/h1-9,15,19H,(H,21,22). The molecular formula is C17H12ClN3OS. The van der Waals surface area contributed by atoms with E-state index < -0.39 is 0 Å². The maximum Gasteiger partial charge on any atom is 0.255 e. The van der Waals surface area contributed by atoms with E-state index in [1.165, 1.54) is 11.3 Å². The molecule has 0 saturated heterocycles. The molecule has 0 radical (unpaired) electrons. The van der Waals surface area contributed by atoms with Gasteiger partial charge in [0.2, 0.25) is 0 Å². The number of carbonyl (C=O) groups excluding carboxylic acids is 1. The van der Waals surface area contributed by atoms with E-state index in [0.717, 1.165) is 22.0 Å². The highest BCUT2D eigenvalue weighted by Crippen LogP contribution is 2.30. The third-order valence-corrected chi connectivity index (χ3v) is 4.82. The van der Waals surface area contributed by atoms with E-state index in [0.29, 0.717) is 10.6 Å². The second-order valence-electron chi connectivity index (χ2n) is 5.18. The number of benzene rings is 2. The Balaban J connectivity index is 1.63. The topological polar surface area (TPSA) is 54.0 Å². The van der Waals surface area contributed by atoms with Gasteiger partial charge in [-0.3, -0.25) is 4.79 Å². The summed E-state index contributed by atoms with van der Waals surface area (Å²) in [5.41, 5.74) is 3.27. The van der Waals surface area contributed by atoms with E-state index in [4.69, 9.17) is 11.6 Å². The van der Waals surface area contributed by atoms with Crippen LogP contribution in [0.2, 0.25) is 5.02 Å². The van der Waals surface area contributed by atoms with Crippen molar-refractivity contribution in [1.82, 2.24) is 10.3 Å². The summed E-state index contributed by atoms with van der Waals surface area (Å²) >= 11 is 7.45. The summed E-state index contributed by atoms with van der Waals surface area (Å²) in [7, 11) is 0. The molecule has 4 nitrogen and oxygen atoms in total. The van der Waals surface area contributed by atoms with Crippen LogP contribution < -0.4 is 10.6 Å². The fraction of sp³-hybridized carbons (Fsp3) is 0.0588. The zero-order valence-electron chi connectivity index (χ0n) is 11.9. The van der Waals surface area contributed by atoms with Crippen molar-refractivity contribution in [3.05, 3.63) is 70.2 Å². The number of hydrogen-bond acceptors (Lipinski definition) is 4. The van der Waals surface area contributed by atoms with Crippen molar-refractivity contribution in [3.63, 3.8) is 0 Å². The Morgan fingerprint density at radius 2 is 1.83 bits per heavy atom. The Morgan fingerprint density at radius 1 is 1.04 bits per heavy atom. The third-order valence-electron chi connectivity index (χ3n) is 3.66. The lowest BCUT2D eigenvalue weighted by Gasteiger charge is -2.26. The Morgan fingerprint density at radius 3 is 2.65 bits per heavy atom. The molecular weight excluding hydrogens is 330 g/mol. The van der Waals surface area contributed by atoms with E-state index >= 15 is 0 Å². The maximum atomic E-state index is 12.2. The summed E-state index contributed by atoms with van der Waals surface area (Å²) in [6.45, 7) is 0. The zero-order chi connectivity index (χ0) is 15.8. The van der Waals surface area contributed by atoms with Crippen LogP contribution in [0.5, 0.6) is 0 Å². The van der Waals surface area contributed by atoms with Crippen LogP contribution in [-0.2, 0) is 0 Å². The lowest BCUT2D eigenvalue weighted by Crippen LogP contribution is -2.38. The monoisotopic (exact) mass is 341 g/mol. The first-order valence-electron chi connectivity index (χ1n) is 7.08. The van der Waals surface area contributed by atoms with Gasteiger partial charge in [-0.2, -0.15) is 0 Å². The second kappa shape index (κ2) is 5.68. The molecule has 3 aromatic rings. The molecule has 1 aromatic heterocycles. The Bertz CT molecular complexity index is 876. The summed E-state index contributed by atoms with van der Waals surface area (Å²) in [6.07, 6.45) is -0.324. The molecule has 2 aromatic carbocycles. The number of fused-ring (bicyclic) bond motifs is 1. The van der Waals surface area contributed by atoms with Crippen LogP contribution in [0.15, 0.2) is 53.9 Å². The van der Waals surface area contributed by atoms with Gasteiger partial charge in [-0.25, -0.2) is 4.98 Å². The van der Waals surface area contributed by atoms with Crippen molar-refractivity contribution in [2.45, 2.75) is 6.17 Å². The van der Waals surface area contributed by atoms with Crippen molar-refractivity contribution >= 4 is 34.5 Å². The maximum absolute atomic E-state index is 12.2. The van der Waals surface area contributed by atoms with Crippen molar-refractivity contribution in [3.8, 4) is 10.6 Å². The van der Waals surface area contributed by atoms with Crippen molar-refractivity contribution in [2.24, 2.45) is 0 Å². The number of anilines is 1. The lowest BCUT2D eigenvalue weighted by atomic mass is 10.1. The predicted octanol–water partition coefficient (Wildman–Crippen LogP) is 4.32. The Hall–Kier alpha value is -2.37. The quantitative estimate of drug-likeness (QED) is 0.730. The number of amides is 1. The molecule has 1 atom stereocenters. The number of nitrogens with one attached hydrogen (secondary N) is 2. The van der Waals surface area contributed by atoms with Gasteiger partial charge < -0.3 is 10.6 Å². The number of carbonyl (C=O) groups is 1. The minimum Gasteiger partial charge on any atom is -0.360 e. The molecule has 6 heteroatoms. The van der Waals surface area contributed by atoms with E-state index in [9.17, 15) is 4.79 Å². The van der Waals surface area contributed by atoms with Gasteiger partial charge in [0.15, 0.2) is 0 Å². The molecule has 1 amide bonds. The first-order valence-corrected chi connectivity index (χ1v) is 8.34. The van der Waals surface area contributed by atoms with Gasteiger partial charge in [-0.15, -0.1) is 11.3 Å². The van der Waals surface area contributed by atoms with Crippen molar-refractivity contribution in [1.29, 1.82) is 0 Å². The van der Waals surface area contributed by atoms with Gasteiger partial charge in [0.25, 0.3) is 5.91 Å². The predicted molar refractivity (Wildman–Crippen MR) is 92.8 cm³/mol. The van der Waals surface area contributed by atoms with Crippen LogP contribution >= 0.6 is 22.9 Å². The highest BCUT2D eigenvalue weighted by Gasteiger charge is 2.25. The van der Waals surface area contributed by atoms with Crippen LogP contribution in [0.4, 0.5) is 5.69 Å². The van der Waals surface area contributed by atoms with Gasteiger partial charge in [-0.1, -0.05) is 35.9 Å². The van der Waals surface area contributed by atoms with Crippen LogP contribution in [0.3, 0.4) is 0 Å². The van der Waals surface area contributed by atoms with Crippen LogP contribution in [0.25, 0.3) is 10.6 Å². The molecule has 1 unspecified atom stereocenters.